The van der Waals surface area contributed by atoms with E-state index in [1.807, 2.05) is 0 Å². The molecular weight excluding hydrogens is 388 g/mol. The van der Waals surface area contributed by atoms with Gasteiger partial charge in [0.05, 0.1) is 11.7 Å². The molecule has 3 rings (SSSR count). The summed E-state index contributed by atoms with van der Waals surface area (Å²) in [7, 11) is 0. The summed E-state index contributed by atoms with van der Waals surface area (Å²) in [5.74, 6) is -0.604. The van der Waals surface area contributed by atoms with Crippen molar-refractivity contribution in [1.82, 2.24) is 0 Å². The van der Waals surface area contributed by atoms with E-state index < -0.39 is 18.5 Å². The summed E-state index contributed by atoms with van der Waals surface area (Å²) in [4.78, 5) is 35.1. The average Bonchev–Trinajstić information content (AvgIpc) is 3.26. The molecule has 0 bridgehead atoms. The Kier molecular flexibility index (Phi) is 7.40. The van der Waals surface area contributed by atoms with E-state index in [4.69, 9.17) is 14.2 Å². The highest BCUT2D eigenvalue weighted by Crippen LogP contribution is 2.17. The number of carbonyl (C=O) groups is 3. The number of carbonyl (C=O) groups excluding carboxylic acids is 3. The Labute approximate surface area is 174 Å². The smallest absolute Gasteiger partial charge is 0.338 e. The number of esters is 1. The highest BCUT2D eigenvalue weighted by molar-refractivity contribution is 5.96. The van der Waals surface area contributed by atoms with Crippen molar-refractivity contribution >= 4 is 29.2 Å². The second-order valence-electron chi connectivity index (χ2n) is 6.85. The maximum atomic E-state index is 12.1. The number of hydrogen-bond donors (Lipinski definition) is 2. The van der Waals surface area contributed by atoms with Crippen LogP contribution in [-0.4, -0.2) is 43.7 Å². The number of ether oxygens (including phenoxy) is 3. The molecule has 8 nitrogen and oxygen atoms in total. The van der Waals surface area contributed by atoms with Gasteiger partial charge in [-0.05, 0) is 61.4 Å². The summed E-state index contributed by atoms with van der Waals surface area (Å²) in [6.45, 7) is 2.25. The molecule has 0 radical (unpaired) electrons. The third-order valence-electron chi connectivity index (χ3n) is 4.37. The zero-order valence-corrected chi connectivity index (χ0v) is 16.7. The third kappa shape index (κ3) is 6.59. The van der Waals surface area contributed by atoms with Crippen molar-refractivity contribution in [2.24, 2.45) is 0 Å². The monoisotopic (exact) mass is 412 g/mol. The van der Waals surface area contributed by atoms with E-state index in [0.717, 1.165) is 19.4 Å². The fourth-order valence-corrected chi connectivity index (χ4v) is 2.90. The summed E-state index contributed by atoms with van der Waals surface area (Å²) in [5, 5.41) is 5.25. The Balaban J connectivity index is 1.41. The number of rotatable bonds is 8. The fraction of sp³-hybridized carbons (Fsp3) is 0.318. The highest BCUT2D eigenvalue weighted by Gasteiger charge is 2.16. The lowest BCUT2D eigenvalue weighted by molar-refractivity contribution is -0.119. The summed E-state index contributed by atoms with van der Waals surface area (Å²) in [6.07, 6.45) is 2.16. The van der Waals surface area contributed by atoms with Crippen molar-refractivity contribution in [3.8, 4) is 5.75 Å². The van der Waals surface area contributed by atoms with Crippen molar-refractivity contribution < 1.29 is 28.6 Å². The van der Waals surface area contributed by atoms with Gasteiger partial charge in [-0.3, -0.25) is 9.59 Å². The molecule has 0 aliphatic carbocycles. The van der Waals surface area contributed by atoms with Gasteiger partial charge in [0.1, 0.15) is 12.4 Å². The van der Waals surface area contributed by atoms with Crippen LogP contribution in [0.5, 0.6) is 5.75 Å². The minimum atomic E-state index is -0.600. The first kappa shape index (κ1) is 21.3. The van der Waals surface area contributed by atoms with E-state index in [1.165, 1.54) is 6.92 Å². The molecule has 0 saturated carbocycles. The zero-order valence-electron chi connectivity index (χ0n) is 16.7. The molecule has 1 atom stereocenters. The zero-order chi connectivity index (χ0) is 21.3. The number of nitrogens with one attached hydrogen (secondary N) is 2. The molecule has 2 N–H and O–H groups in total. The second-order valence-corrected chi connectivity index (χ2v) is 6.85. The molecule has 1 heterocycles. The summed E-state index contributed by atoms with van der Waals surface area (Å²) >= 11 is 0. The Morgan fingerprint density at radius 1 is 1.00 bits per heavy atom. The first-order chi connectivity index (χ1) is 14.5. The van der Waals surface area contributed by atoms with Gasteiger partial charge in [0, 0.05) is 24.9 Å². The van der Waals surface area contributed by atoms with Gasteiger partial charge in [-0.1, -0.05) is 0 Å². The molecule has 30 heavy (non-hydrogen) atoms. The first-order valence-corrected chi connectivity index (χ1v) is 9.69. The van der Waals surface area contributed by atoms with Gasteiger partial charge in [-0.15, -0.1) is 0 Å². The van der Waals surface area contributed by atoms with E-state index in [2.05, 4.69) is 10.6 Å². The maximum Gasteiger partial charge on any atom is 0.338 e. The van der Waals surface area contributed by atoms with E-state index in [-0.39, 0.29) is 12.0 Å². The van der Waals surface area contributed by atoms with Crippen LogP contribution in [-0.2, 0) is 19.1 Å². The molecule has 0 aromatic heterocycles. The highest BCUT2D eigenvalue weighted by atomic mass is 16.5. The molecular formula is C22H24N2O6. The SMILES string of the molecule is CC(=O)Nc1ccc(NC(=O)COC(=O)c2ccc(OC[C@@H]3CCCO3)cc2)cc1. The fourth-order valence-electron chi connectivity index (χ4n) is 2.90. The number of anilines is 2. The van der Waals surface area contributed by atoms with Crippen molar-refractivity contribution in [2.45, 2.75) is 25.9 Å². The van der Waals surface area contributed by atoms with Crippen LogP contribution in [0.1, 0.15) is 30.1 Å². The molecule has 2 aromatic rings. The van der Waals surface area contributed by atoms with Crippen molar-refractivity contribution in [3.05, 3.63) is 54.1 Å². The molecule has 2 aromatic carbocycles. The standard InChI is InChI=1S/C22H24N2O6/c1-15(25)23-17-6-8-18(9-7-17)24-21(26)14-30-22(27)16-4-10-19(11-5-16)29-13-20-3-2-12-28-20/h4-11,20H,2-3,12-14H2,1H3,(H,23,25)(H,24,26)/t20-/m0/s1. The Morgan fingerprint density at radius 2 is 1.67 bits per heavy atom. The van der Waals surface area contributed by atoms with Gasteiger partial charge in [0.2, 0.25) is 5.91 Å². The minimum absolute atomic E-state index is 0.120. The van der Waals surface area contributed by atoms with Crippen LogP contribution in [0.3, 0.4) is 0 Å². The Bertz CT molecular complexity index is 874. The number of amides is 2. The predicted molar refractivity (Wildman–Crippen MR) is 111 cm³/mol. The third-order valence-corrected chi connectivity index (χ3v) is 4.37. The largest absolute Gasteiger partial charge is 0.491 e. The molecule has 1 aliphatic heterocycles. The summed E-state index contributed by atoms with van der Waals surface area (Å²) < 4.78 is 16.2. The molecule has 8 heteroatoms. The van der Waals surface area contributed by atoms with E-state index >= 15 is 0 Å². The molecule has 0 spiro atoms. The van der Waals surface area contributed by atoms with E-state index in [1.54, 1.807) is 48.5 Å². The summed E-state index contributed by atoms with van der Waals surface area (Å²) in [5.41, 5.74) is 1.47. The van der Waals surface area contributed by atoms with Crippen LogP contribution in [0, 0.1) is 0 Å². The van der Waals surface area contributed by atoms with Gasteiger partial charge in [-0.2, -0.15) is 0 Å². The van der Waals surface area contributed by atoms with Gasteiger partial charge in [0.15, 0.2) is 6.61 Å². The van der Waals surface area contributed by atoms with Gasteiger partial charge in [-0.25, -0.2) is 4.79 Å². The van der Waals surface area contributed by atoms with Crippen LogP contribution in [0.15, 0.2) is 48.5 Å². The first-order valence-electron chi connectivity index (χ1n) is 9.69. The molecule has 158 valence electrons. The lowest BCUT2D eigenvalue weighted by atomic mass is 10.2. The molecule has 0 unspecified atom stereocenters. The van der Waals surface area contributed by atoms with Crippen molar-refractivity contribution in [1.29, 1.82) is 0 Å². The number of hydrogen-bond acceptors (Lipinski definition) is 6. The van der Waals surface area contributed by atoms with Crippen LogP contribution < -0.4 is 15.4 Å². The molecule has 1 saturated heterocycles. The molecule has 2 amide bonds. The maximum absolute atomic E-state index is 12.1. The lowest BCUT2D eigenvalue weighted by Crippen LogP contribution is -2.21. The van der Waals surface area contributed by atoms with E-state index in [9.17, 15) is 14.4 Å². The van der Waals surface area contributed by atoms with Crippen LogP contribution in [0.4, 0.5) is 11.4 Å². The Hall–Kier alpha value is -3.39. The lowest BCUT2D eigenvalue weighted by Gasteiger charge is -2.11. The molecule has 1 aliphatic rings. The van der Waals surface area contributed by atoms with Crippen molar-refractivity contribution in [3.63, 3.8) is 0 Å². The average molecular weight is 412 g/mol. The Morgan fingerprint density at radius 3 is 2.27 bits per heavy atom. The van der Waals surface area contributed by atoms with Crippen LogP contribution in [0.25, 0.3) is 0 Å². The van der Waals surface area contributed by atoms with Crippen LogP contribution >= 0.6 is 0 Å². The van der Waals surface area contributed by atoms with E-state index in [0.29, 0.717) is 29.3 Å². The van der Waals surface area contributed by atoms with Crippen molar-refractivity contribution in [2.75, 3.05) is 30.5 Å². The van der Waals surface area contributed by atoms with Gasteiger partial charge in [0.25, 0.3) is 5.91 Å². The molecule has 1 fully saturated rings. The number of benzene rings is 2. The van der Waals surface area contributed by atoms with Gasteiger partial charge >= 0.3 is 5.97 Å². The second kappa shape index (κ2) is 10.4. The topological polar surface area (TPSA) is 103 Å². The summed E-state index contributed by atoms with van der Waals surface area (Å²) in [6, 6.07) is 13.1. The normalized spacial score (nSPS) is 15.3. The minimum Gasteiger partial charge on any atom is -0.491 e. The predicted octanol–water partition coefficient (Wildman–Crippen LogP) is 3.00. The quantitative estimate of drug-likeness (QED) is 0.646. The van der Waals surface area contributed by atoms with Crippen LogP contribution in [0.2, 0.25) is 0 Å². The van der Waals surface area contributed by atoms with Gasteiger partial charge < -0.3 is 24.8 Å².